The molecule has 1 unspecified atom stereocenters. The fourth-order valence-electron chi connectivity index (χ4n) is 2.61. The van der Waals surface area contributed by atoms with Crippen molar-refractivity contribution in [2.75, 3.05) is 20.8 Å². The molecule has 7 nitrogen and oxygen atoms in total. The van der Waals surface area contributed by atoms with Crippen LogP contribution in [0.25, 0.3) is 6.08 Å². The summed E-state index contributed by atoms with van der Waals surface area (Å²) in [5.41, 5.74) is 6.59. The normalized spacial score (nSPS) is 11.6. The zero-order chi connectivity index (χ0) is 21.9. The Morgan fingerprint density at radius 3 is 2.33 bits per heavy atom. The van der Waals surface area contributed by atoms with E-state index in [1.165, 1.54) is 18.7 Å². The molecule has 0 aliphatic heterocycles. The van der Waals surface area contributed by atoms with E-state index in [0.717, 1.165) is 12.0 Å². The van der Waals surface area contributed by atoms with Gasteiger partial charge >= 0.3 is 0 Å². The molecule has 0 heterocycles. The first-order valence-electron chi connectivity index (χ1n) is 9.68. The van der Waals surface area contributed by atoms with Crippen molar-refractivity contribution in [3.05, 3.63) is 59.7 Å². The molecule has 2 N–H and O–H groups in total. The Morgan fingerprint density at radius 2 is 1.70 bits per heavy atom. The number of nitrogens with one attached hydrogen (secondary N) is 2. The van der Waals surface area contributed by atoms with Crippen LogP contribution in [0.2, 0.25) is 0 Å². The highest BCUT2D eigenvalue weighted by Crippen LogP contribution is 2.28. The fourth-order valence-corrected chi connectivity index (χ4v) is 2.61. The van der Waals surface area contributed by atoms with Gasteiger partial charge in [-0.3, -0.25) is 20.4 Å². The lowest BCUT2D eigenvalue weighted by molar-refractivity contribution is -0.128. The predicted octanol–water partition coefficient (Wildman–Crippen LogP) is 3.46. The second-order valence-corrected chi connectivity index (χ2v) is 6.65. The molecule has 0 saturated heterocycles. The lowest BCUT2D eigenvalue weighted by Crippen LogP contribution is -2.43. The number of rotatable bonds is 9. The maximum atomic E-state index is 11.9. The van der Waals surface area contributed by atoms with Crippen molar-refractivity contribution >= 4 is 17.9 Å². The van der Waals surface area contributed by atoms with E-state index in [9.17, 15) is 9.59 Å². The number of carbonyl (C=O) groups is 2. The van der Waals surface area contributed by atoms with E-state index in [-0.39, 0.29) is 6.61 Å². The van der Waals surface area contributed by atoms with Crippen molar-refractivity contribution < 1.29 is 23.8 Å². The smallest absolute Gasteiger partial charge is 0.276 e. The summed E-state index contributed by atoms with van der Waals surface area (Å²) in [5, 5.41) is 0. The molecule has 0 saturated carbocycles. The van der Waals surface area contributed by atoms with Gasteiger partial charge in [-0.2, -0.15) is 0 Å². The molecule has 0 spiro atoms. The largest absolute Gasteiger partial charge is 0.493 e. The van der Waals surface area contributed by atoms with E-state index in [4.69, 9.17) is 14.2 Å². The molecule has 0 aliphatic rings. The van der Waals surface area contributed by atoms with E-state index in [2.05, 4.69) is 24.7 Å². The molecule has 2 aromatic rings. The van der Waals surface area contributed by atoms with Crippen LogP contribution in [0.15, 0.2) is 48.5 Å². The van der Waals surface area contributed by atoms with E-state index in [0.29, 0.717) is 23.2 Å². The predicted molar refractivity (Wildman–Crippen MR) is 116 cm³/mol. The van der Waals surface area contributed by atoms with E-state index in [1.54, 1.807) is 31.4 Å². The van der Waals surface area contributed by atoms with Gasteiger partial charge < -0.3 is 14.2 Å². The number of hydrogen-bond acceptors (Lipinski definition) is 5. The molecule has 0 radical (unpaired) electrons. The van der Waals surface area contributed by atoms with Crippen LogP contribution in [-0.4, -0.2) is 32.6 Å². The van der Waals surface area contributed by atoms with Crippen LogP contribution in [0.4, 0.5) is 0 Å². The summed E-state index contributed by atoms with van der Waals surface area (Å²) in [5.74, 6) is 1.29. The fraction of sp³-hybridized carbons (Fsp3) is 0.304. The molecule has 0 aromatic heterocycles. The van der Waals surface area contributed by atoms with Crippen molar-refractivity contribution in [3.63, 3.8) is 0 Å². The molecule has 0 fully saturated rings. The highest BCUT2D eigenvalue weighted by Gasteiger charge is 2.07. The topological polar surface area (TPSA) is 85.9 Å². The van der Waals surface area contributed by atoms with Gasteiger partial charge in [-0.15, -0.1) is 0 Å². The minimum absolute atomic E-state index is 0.206. The lowest BCUT2D eigenvalue weighted by Gasteiger charge is -2.11. The van der Waals surface area contributed by atoms with Gasteiger partial charge in [0.05, 0.1) is 14.2 Å². The van der Waals surface area contributed by atoms with E-state index < -0.39 is 11.8 Å². The van der Waals surface area contributed by atoms with Gasteiger partial charge in [0, 0.05) is 6.08 Å². The van der Waals surface area contributed by atoms with Gasteiger partial charge in [0.2, 0.25) is 0 Å². The summed E-state index contributed by atoms with van der Waals surface area (Å²) in [6.07, 6.45) is 3.96. The number of hydrogen-bond donors (Lipinski definition) is 2. The first kappa shape index (κ1) is 22.8. The third kappa shape index (κ3) is 6.84. The molecule has 2 rings (SSSR count). The average Bonchev–Trinajstić information content (AvgIpc) is 2.79. The number of carbonyl (C=O) groups excluding carboxylic acids is 2. The van der Waals surface area contributed by atoms with Gasteiger partial charge in [0.15, 0.2) is 18.1 Å². The van der Waals surface area contributed by atoms with Crippen molar-refractivity contribution in [2.24, 2.45) is 0 Å². The second-order valence-electron chi connectivity index (χ2n) is 6.65. The van der Waals surface area contributed by atoms with Crippen LogP contribution >= 0.6 is 0 Å². The summed E-state index contributed by atoms with van der Waals surface area (Å²) in [6.45, 7) is 4.09. The number of methoxy groups -OCH3 is 2. The van der Waals surface area contributed by atoms with Crippen LogP contribution in [0, 0.1) is 0 Å². The average molecular weight is 412 g/mol. The van der Waals surface area contributed by atoms with E-state index in [1.807, 2.05) is 24.3 Å². The molecule has 0 bridgehead atoms. The Labute approximate surface area is 177 Å². The Hall–Kier alpha value is -3.48. The minimum atomic E-state index is -0.476. The lowest BCUT2D eigenvalue weighted by atomic mass is 9.99. The first-order valence-corrected chi connectivity index (χ1v) is 9.68. The second kappa shape index (κ2) is 11.5. The monoisotopic (exact) mass is 412 g/mol. The Bertz CT molecular complexity index is 878. The summed E-state index contributed by atoms with van der Waals surface area (Å²) in [4.78, 5) is 23.8. The molecule has 2 aromatic carbocycles. The molecule has 30 heavy (non-hydrogen) atoms. The number of hydrazine groups is 1. The summed E-state index contributed by atoms with van der Waals surface area (Å²) in [7, 11) is 3.09. The van der Waals surface area contributed by atoms with Crippen molar-refractivity contribution in [3.8, 4) is 17.2 Å². The summed E-state index contributed by atoms with van der Waals surface area (Å²) < 4.78 is 15.8. The number of ether oxygens (including phenoxy) is 3. The minimum Gasteiger partial charge on any atom is -0.493 e. The van der Waals surface area contributed by atoms with Crippen LogP contribution in [0.1, 0.15) is 37.3 Å². The molecular formula is C23H28N2O5. The maximum Gasteiger partial charge on any atom is 0.276 e. The van der Waals surface area contributed by atoms with Crippen LogP contribution < -0.4 is 25.1 Å². The standard InChI is InChI=1S/C23H28N2O5/c1-5-16(2)18-8-10-19(11-9-18)30-15-23(27)25-24-22(26)13-7-17-6-12-20(28-3)21(14-17)29-4/h6-14,16H,5,15H2,1-4H3,(H,24,26)(H,25,27)/b13-7+. The van der Waals surface area contributed by atoms with Gasteiger partial charge in [-0.05, 0) is 53.8 Å². The highest BCUT2D eigenvalue weighted by molar-refractivity contribution is 5.93. The van der Waals surface area contributed by atoms with Crippen molar-refractivity contribution in [1.29, 1.82) is 0 Å². The maximum absolute atomic E-state index is 11.9. The molecule has 160 valence electrons. The van der Waals surface area contributed by atoms with E-state index >= 15 is 0 Å². The third-order valence-corrected chi connectivity index (χ3v) is 4.59. The number of benzene rings is 2. The quantitative estimate of drug-likeness (QED) is 0.487. The molecule has 2 amide bonds. The van der Waals surface area contributed by atoms with Crippen LogP contribution in [0.3, 0.4) is 0 Å². The summed E-state index contributed by atoms with van der Waals surface area (Å²) >= 11 is 0. The SMILES string of the molecule is CCC(C)c1ccc(OCC(=O)NNC(=O)/C=C/c2ccc(OC)c(OC)c2)cc1. The first-order chi connectivity index (χ1) is 14.5. The van der Waals surface area contributed by atoms with Crippen molar-refractivity contribution in [2.45, 2.75) is 26.2 Å². The van der Waals surface area contributed by atoms with Crippen LogP contribution in [0.5, 0.6) is 17.2 Å². The Kier molecular flexibility index (Phi) is 8.75. The number of amides is 2. The zero-order valence-electron chi connectivity index (χ0n) is 17.7. The highest BCUT2D eigenvalue weighted by atomic mass is 16.5. The zero-order valence-corrected chi connectivity index (χ0v) is 17.7. The van der Waals surface area contributed by atoms with Gasteiger partial charge in [0.25, 0.3) is 11.8 Å². The molecular weight excluding hydrogens is 384 g/mol. The molecule has 0 aliphatic carbocycles. The van der Waals surface area contributed by atoms with Crippen LogP contribution in [-0.2, 0) is 9.59 Å². The van der Waals surface area contributed by atoms with Gasteiger partial charge in [-0.25, -0.2) is 0 Å². The Morgan fingerprint density at radius 1 is 1.00 bits per heavy atom. The van der Waals surface area contributed by atoms with Gasteiger partial charge in [-0.1, -0.05) is 32.0 Å². The summed E-state index contributed by atoms with van der Waals surface area (Å²) in [6, 6.07) is 12.9. The third-order valence-electron chi connectivity index (χ3n) is 4.59. The Balaban J connectivity index is 1.77. The molecule has 1 atom stereocenters. The molecule has 7 heteroatoms. The van der Waals surface area contributed by atoms with Gasteiger partial charge in [0.1, 0.15) is 5.75 Å². The van der Waals surface area contributed by atoms with Crippen molar-refractivity contribution in [1.82, 2.24) is 10.9 Å².